The van der Waals surface area contributed by atoms with Crippen LogP contribution in [0.2, 0.25) is 0 Å². The maximum Gasteiger partial charge on any atom is 0.356 e. The van der Waals surface area contributed by atoms with Gasteiger partial charge in [-0.05, 0) is 46.2 Å². The van der Waals surface area contributed by atoms with E-state index < -0.39 is 35.8 Å². The van der Waals surface area contributed by atoms with Crippen molar-refractivity contribution in [3.8, 4) is 0 Å². The molecule has 1 fully saturated rings. The van der Waals surface area contributed by atoms with Crippen molar-refractivity contribution in [2.24, 2.45) is 7.05 Å². The fourth-order valence-electron chi connectivity index (χ4n) is 5.23. The predicted octanol–water partition coefficient (Wildman–Crippen LogP) is 3.17. The lowest BCUT2D eigenvalue weighted by Crippen LogP contribution is -2.82. The maximum atomic E-state index is 14.2. The molecule has 3 aromatic carbocycles. The molecule has 0 saturated carbocycles. The first-order chi connectivity index (χ1) is 21.8. The van der Waals surface area contributed by atoms with Gasteiger partial charge in [-0.15, -0.1) is 5.10 Å². The van der Waals surface area contributed by atoms with E-state index in [2.05, 4.69) is 20.8 Å². The molecule has 0 spiro atoms. The molecule has 2 aliphatic rings. The number of hydrogen-bond acceptors (Lipinski definition) is 10. The molecule has 1 N–H and O–H groups in total. The summed E-state index contributed by atoms with van der Waals surface area (Å²) in [7, 11) is 3.01. The number of carbonyl (C=O) groups excluding carboxylic acids is 3. The quantitative estimate of drug-likeness (QED) is 0.121. The van der Waals surface area contributed by atoms with Crippen LogP contribution < -0.4 is 5.32 Å². The number of benzene rings is 3. The Labute approximate surface area is 263 Å². The van der Waals surface area contributed by atoms with Crippen LogP contribution in [-0.2, 0) is 30.8 Å². The molecule has 1 unspecified atom stereocenters. The molecule has 2 aliphatic heterocycles. The maximum absolute atomic E-state index is 14.2. The molecule has 12 nitrogen and oxygen atoms in total. The van der Waals surface area contributed by atoms with Crippen molar-refractivity contribution in [1.82, 2.24) is 30.4 Å². The summed E-state index contributed by atoms with van der Waals surface area (Å²) < 4.78 is 19.4. The van der Waals surface area contributed by atoms with Crippen LogP contribution in [0.4, 0.5) is 0 Å². The highest BCUT2D eigenvalue weighted by Gasteiger charge is 2.67. The molecule has 230 valence electrons. The number of β-lactam (4-membered cyclic amide) rings is 1. The van der Waals surface area contributed by atoms with Gasteiger partial charge < -0.3 is 19.5 Å². The van der Waals surface area contributed by atoms with Gasteiger partial charge in [-0.1, -0.05) is 90.1 Å². The molecule has 2 atom stereocenters. The molecule has 0 bridgehead atoms. The molecule has 1 aromatic heterocycles. The number of nitrogens with zero attached hydrogens (tertiary/aromatic N) is 5. The van der Waals surface area contributed by atoms with Crippen LogP contribution in [-0.4, -0.2) is 74.3 Å². The minimum Gasteiger partial charge on any atom is -0.448 e. The Balaban J connectivity index is 1.34. The topological polar surface area (TPSA) is 138 Å². The predicted molar refractivity (Wildman–Crippen MR) is 162 cm³/mol. The Morgan fingerprint density at radius 3 is 2.27 bits per heavy atom. The van der Waals surface area contributed by atoms with Gasteiger partial charge in [-0.25, -0.2) is 9.48 Å². The van der Waals surface area contributed by atoms with Crippen LogP contribution in [0.15, 0.2) is 101 Å². The van der Waals surface area contributed by atoms with Crippen molar-refractivity contribution in [2.45, 2.75) is 30.1 Å². The minimum absolute atomic E-state index is 0.0213. The summed E-state index contributed by atoms with van der Waals surface area (Å²) in [4.78, 5) is 42.6. The molecule has 6 rings (SSSR count). The fraction of sp³-hybridized carbons (Fsp3) is 0.250. The van der Waals surface area contributed by atoms with Gasteiger partial charge in [0.15, 0.2) is 12.3 Å². The van der Waals surface area contributed by atoms with Crippen LogP contribution >= 0.6 is 11.8 Å². The molecule has 0 radical (unpaired) electrons. The second-order valence-corrected chi connectivity index (χ2v) is 11.5. The lowest BCUT2D eigenvalue weighted by Gasteiger charge is -2.55. The molecule has 3 heterocycles. The van der Waals surface area contributed by atoms with Crippen molar-refractivity contribution in [1.29, 1.82) is 0 Å². The van der Waals surface area contributed by atoms with E-state index in [1.165, 1.54) is 28.5 Å². The summed E-state index contributed by atoms with van der Waals surface area (Å²) in [6.45, 7) is 1.87. The number of tetrazole rings is 1. The average molecular weight is 627 g/mol. The fourth-order valence-corrected chi connectivity index (χ4v) is 6.07. The van der Waals surface area contributed by atoms with Crippen LogP contribution in [0.3, 0.4) is 0 Å². The summed E-state index contributed by atoms with van der Waals surface area (Å²) in [5, 5.41) is 14.7. The third-order valence-electron chi connectivity index (χ3n) is 7.62. The van der Waals surface area contributed by atoms with E-state index in [0.717, 1.165) is 16.7 Å². The number of aromatic nitrogens is 4. The van der Waals surface area contributed by atoms with E-state index in [9.17, 15) is 14.4 Å². The van der Waals surface area contributed by atoms with Gasteiger partial charge in [0.05, 0.1) is 6.61 Å². The van der Waals surface area contributed by atoms with Gasteiger partial charge in [-0.3, -0.25) is 14.5 Å². The molecule has 0 aliphatic carbocycles. The molecule has 4 aromatic rings. The first-order valence-electron chi connectivity index (χ1n) is 14.1. The summed E-state index contributed by atoms with van der Waals surface area (Å²) in [5.41, 5.74) is 1.51. The number of amides is 2. The summed E-state index contributed by atoms with van der Waals surface area (Å²) >= 11 is 1.28. The Bertz CT molecular complexity index is 1710. The van der Waals surface area contributed by atoms with Crippen LogP contribution in [0, 0.1) is 6.92 Å². The van der Waals surface area contributed by atoms with Gasteiger partial charge in [-0.2, -0.15) is 0 Å². The zero-order valence-corrected chi connectivity index (χ0v) is 25.6. The Kier molecular flexibility index (Phi) is 8.48. The smallest absolute Gasteiger partial charge is 0.356 e. The number of esters is 1. The van der Waals surface area contributed by atoms with E-state index in [-0.39, 0.29) is 18.1 Å². The van der Waals surface area contributed by atoms with E-state index in [1.807, 2.05) is 67.6 Å². The highest BCUT2D eigenvalue weighted by Crippen LogP contribution is 2.42. The summed E-state index contributed by atoms with van der Waals surface area (Å²) in [6, 6.07) is 25.6. The monoisotopic (exact) mass is 626 g/mol. The summed E-state index contributed by atoms with van der Waals surface area (Å²) in [6.07, 6.45) is -1.88. The number of nitrogens with one attached hydrogen (secondary N) is 1. The highest BCUT2D eigenvalue weighted by atomic mass is 32.2. The zero-order chi connectivity index (χ0) is 31.6. The lowest BCUT2D eigenvalue weighted by molar-refractivity contribution is -0.256. The van der Waals surface area contributed by atoms with Gasteiger partial charge >= 0.3 is 5.97 Å². The highest BCUT2D eigenvalue weighted by molar-refractivity contribution is 7.99. The van der Waals surface area contributed by atoms with Crippen molar-refractivity contribution >= 4 is 29.5 Å². The standard InChI is InChI=1S/C32H30N6O6S/c1-20-14-16-23(17-15-20)27(39)33-32(42-3)29(41)38-25(24(18-43-30(32)38)19-45-31-34-35-36-37(31)2)28(40)44-26(21-10-6-4-7-11-21)22-12-8-5-9-13-22/h4-17,26,30H,18-19H2,1-3H3,(H,33,39)/t30?,32-/m0/s1. The third kappa shape index (κ3) is 5.72. The van der Waals surface area contributed by atoms with Crippen molar-refractivity contribution in [3.63, 3.8) is 0 Å². The van der Waals surface area contributed by atoms with Crippen LogP contribution in [0.1, 0.15) is 33.2 Å². The first-order valence-corrected chi connectivity index (χ1v) is 15.1. The number of ether oxygens (including phenoxy) is 3. The number of methoxy groups -OCH3 is 1. The third-order valence-corrected chi connectivity index (χ3v) is 8.72. The number of aryl methyl sites for hydroxylation is 2. The Morgan fingerprint density at radius 2 is 1.69 bits per heavy atom. The second-order valence-electron chi connectivity index (χ2n) is 10.5. The zero-order valence-electron chi connectivity index (χ0n) is 24.7. The molecule has 2 amide bonds. The van der Waals surface area contributed by atoms with Gasteiger partial charge in [0, 0.05) is 25.5 Å². The Morgan fingerprint density at radius 1 is 1.04 bits per heavy atom. The normalized spacial score (nSPS) is 19.2. The van der Waals surface area contributed by atoms with Gasteiger partial charge in [0.2, 0.25) is 5.16 Å². The van der Waals surface area contributed by atoms with Gasteiger partial charge in [0.25, 0.3) is 17.5 Å². The molecule has 1 saturated heterocycles. The second kappa shape index (κ2) is 12.6. The molecule has 13 heteroatoms. The van der Waals surface area contributed by atoms with Crippen LogP contribution in [0.5, 0.6) is 0 Å². The number of rotatable bonds is 10. The van der Waals surface area contributed by atoms with Crippen molar-refractivity contribution in [3.05, 3.63) is 118 Å². The van der Waals surface area contributed by atoms with Crippen LogP contribution in [0.25, 0.3) is 0 Å². The van der Waals surface area contributed by atoms with Crippen molar-refractivity contribution in [2.75, 3.05) is 19.5 Å². The molecular weight excluding hydrogens is 596 g/mol. The largest absolute Gasteiger partial charge is 0.448 e. The van der Waals surface area contributed by atoms with Crippen molar-refractivity contribution < 1.29 is 28.6 Å². The van der Waals surface area contributed by atoms with E-state index in [4.69, 9.17) is 14.2 Å². The summed E-state index contributed by atoms with van der Waals surface area (Å²) in [5.74, 6) is -1.69. The van der Waals surface area contributed by atoms with E-state index in [1.54, 1.807) is 31.3 Å². The number of fused-ring (bicyclic) bond motifs is 1. The molecule has 45 heavy (non-hydrogen) atoms. The van der Waals surface area contributed by atoms with Gasteiger partial charge in [0.1, 0.15) is 5.70 Å². The average Bonchev–Trinajstić information content (AvgIpc) is 3.49. The lowest BCUT2D eigenvalue weighted by atomic mass is 9.93. The van der Waals surface area contributed by atoms with E-state index in [0.29, 0.717) is 16.3 Å². The number of carbonyl (C=O) groups is 3. The van der Waals surface area contributed by atoms with E-state index >= 15 is 0 Å². The minimum atomic E-state index is -1.85. The SMILES string of the molecule is CO[C@@]1(NC(=O)c2ccc(C)cc2)C(=O)N2C(C(=O)OC(c3ccccc3)c3ccccc3)=C(CSc3nnnn3C)COC21. The number of hydrogen-bond donors (Lipinski definition) is 1. The first kappa shape index (κ1) is 30.2. The Hall–Kier alpha value is -4.85. The number of thioether (sulfide) groups is 1. The molecular formula is C32H30N6O6S.